The number of hydrogen-bond donors (Lipinski definition) is 0. The number of rotatable bonds is 3. The molecule has 0 N–H and O–H groups in total. The first-order valence-corrected chi connectivity index (χ1v) is 7.05. The highest BCUT2D eigenvalue weighted by Gasteiger charge is 2.18. The summed E-state index contributed by atoms with van der Waals surface area (Å²) in [6, 6.07) is 5.76. The molecule has 1 aliphatic heterocycles. The highest BCUT2D eigenvalue weighted by molar-refractivity contribution is 5.45. The topological polar surface area (TPSA) is 61.0 Å². The van der Waals surface area contributed by atoms with Gasteiger partial charge in [0.15, 0.2) is 0 Å². The molecule has 0 unspecified atom stereocenters. The summed E-state index contributed by atoms with van der Waals surface area (Å²) in [6.45, 7) is 4.79. The normalized spacial score (nSPS) is 15.9. The van der Waals surface area contributed by atoms with Crippen LogP contribution in [0.3, 0.4) is 0 Å². The van der Waals surface area contributed by atoms with Crippen molar-refractivity contribution in [2.45, 2.75) is 6.54 Å². The highest BCUT2D eigenvalue weighted by atomic mass is 15.3. The highest BCUT2D eigenvalue weighted by Crippen LogP contribution is 2.15. The predicted molar refractivity (Wildman–Crippen MR) is 79.7 cm³/mol. The minimum Gasteiger partial charge on any atom is -0.354 e. The zero-order chi connectivity index (χ0) is 14.7. The molecule has 1 aliphatic rings. The Labute approximate surface area is 124 Å². The molecule has 0 aromatic carbocycles. The number of aromatic nitrogens is 3. The van der Waals surface area contributed by atoms with Crippen LogP contribution >= 0.6 is 0 Å². The lowest BCUT2D eigenvalue weighted by atomic mass is 10.2. The van der Waals surface area contributed by atoms with Crippen molar-refractivity contribution in [3.63, 3.8) is 0 Å². The average molecular weight is 282 g/mol. The van der Waals surface area contributed by atoms with E-state index in [0.717, 1.165) is 38.5 Å². The van der Waals surface area contributed by atoms with Gasteiger partial charge in [-0.25, -0.2) is 4.98 Å². The Hall–Kier alpha value is -2.39. The van der Waals surface area contributed by atoms with Crippen molar-refractivity contribution in [2.24, 2.45) is 7.05 Å². The van der Waals surface area contributed by atoms with Gasteiger partial charge in [0.1, 0.15) is 5.82 Å². The van der Waals surface area contributed by atoms with Gasteiger partial charge in [-0.15, -0.1) is 0 Å². The Morgan fingerprint density at radius 1 is 1.29 bits per heavy atom. The van der Waals surface area contributed by atoms with Crippen LogP contribution < -0.4 is 4.90 Å². The number of nitriles is 1. The Morgan fingerprint density at radius 2 is 2.10 bits per heavy atom. The summed E-state index contributed by atoms with van der Waals surface area (Å²) in [5, 5.41) is 13.2. The molecule has 6 heteroatoms. The van der Waals surface area contributed by atoms with Gasteiger partial charge in [0.05, 0.1) is 17.8 Å². The SMILES string of the molecule is Cn1cc(CN2CCN(c3cc(C#N)ccn3)CC2)cn1. The number of hydrogen-bond acceptors (Lipinski definition) is 5. The molecule has 0 radical (unpaired) electrons. The monoisotopic (exact) mass is 282 g/mol. The Bertz CT molecular complexity index is 648. The van der Waals surface area contributed by atoms with E-state index in [2.05, 4.69) is 32.1 Å². The molecular weight excluding hydrogens is 264 g/mol. The van der Waals surface area contributed by atoms with E-state index in [0.29, 0.717) is 5.56 Å². The van der Waals surface area contributed by atoms with Crippen molar-refractivity contribution < 1.29 is 0 Å². The number of nitrogens with zero attached hydrogens (tertiary/aromatic N) is 6. The molecular formula is C15H18N6. The van der Waals surface area contributed by atoms with E-state index >= 15 is 0 Å². The van der Waals surface area contributed by atoms with Crippen molar-refractivity contribution >= 4 is 5.82 Å². The van der Waals surface area contributed by atoms with Crippen molar-refractivity contribution in [1.82, 2.24) is 19.7 Å². The minimum atomic E-state index is 0.665. The molecule has 108 valence electrons. The first-order chi connectivity index (χ1) is 10.2. The molecule has 3 heterocycles. The van der Waals surface area contributed by atoms with Crippen LogP contribution in [0.25, 0.3) is 0 Å². The van der Waals surface area contributed by atoms with Crippen molar-refractivity contribution in [3.05, 3.63) is 41.9 Å². The zero-order valence-electron chi connectivity index (χ0n) is 12.1. The maximum absolute atomic E-state index is 8.96. The molecule has 0 aliphatic carbocycles. The van der Waals surface area contributed by atoms with Crippen LogP contribution in [0.1, 0.15) is 11.1 Å². The first kappa shape index (κ1) is 13.6. The van der Waals surface area contributed by atoms with E-state index in [9.17, 15) is 0 Å². The van der Waals surface area contributed by atoms with E-state index in [-0.39, 0.29) is 0 Å². The molecule has 2 aromatic heterocycles. The Morgan fingerprint density at radius 3 is 2.76 bits per heavy atom. The molecule has 0 atom stereocenters. The fourth-order valence-electron chi connectivity index (χ4n) is 2.61. The lowest BCUT2D eigenvalue weighted by Gasteiger charge is -2.35. The standard InChI is InChI=1S/C15H18N6/c1-19-11-14(10-18-19)12-20-4-6-21(7-5-20)15-8-13(9-16)2-3-17-15/h2-3,8,10-11H,4-7,12H2,1H3. The Kier molecular flexibility index (Phi) is 3.84. The van der Waals surface area contributed by atoms with Crippen molar-refractivity contribution in [3.8, 4) is 6.07 Å². The second kappa shape index (κ2) is 5.94. The lowest BCUT2D eigenvalue weighted by Crippen LogP contribution is -2.46. The van der Waals surface area contributed by atoms with Crippen molar-refractivity contribution in [1.29, 1.82) is 5.26 Å². The summed E-state index contributed by atoms with van der Waals surface area (Å²) < 4.78 is 1.84. The fraction of sp³-hybridized carbons (Fsp3) is 0.400. The van der Waals surface area contributed by atoms with Crippen molar-refractivity contribution in [2.75, 3.05) is 31.1 Å². The van der Waals surface area contributed by atoms with Gasteiger partial charge in [0, 0.05) is 57.7 Å². The zero-order valence-corrected chi connectivity index (χ0v) is 12.1. The second-order valence-electron chi connectivity index (χ2n) is 5.30. The van der Waals surface area contributed by atoms with Gasteiger partial charge in [-0.05, 0) is 12.1 Å². The molecule has 1 fully saturated rings. The summed E-state index contributed by atoms with van der Waals surface area (Å²) >= 11 is 0. The van der Waals surface area contributed by atoms with Crippen LogP contribution in [-0.2, 0) is 13.6 Å². The summed E-state index contributed by atoms with van der Waals surface area (Å²) in [7, 11) is 1.94. The average Bonchev–Trinajstić information content (AvgIpc) is 2.93. The third kappa shape index (κ3) is 3.20. The van der Waals surface area contributed by atoms with Crippen LogP contribution in [-0.4, -0.2) is 45.8 Å². The van der Waals surface area contributed by atoms with Crippen LogP contribution in [0, 0.1) is 11.3 Å². The summed E-state index contributed by atoms with van der Waals surface area (Å²) in [4.78, 5) is 9.02. The molecule has 0 bridgehead atoms. The molecule has 0 amide bonds. The molecule has 1 saturated heterocycles. The lowest BCUT2D eigenvalue weighted by molar-refractivity contribution is 0.249. The van der Waals surface area contributed by atoms with Gasteiger partial charge in [0.2, 0.25) is 0 Å². The van der Waals surface area contributed by atoms with Crippen LogP contribution in [0.2, 0.25) is 0 Å². The Balaban J connectivity index is 1.58. The van der Waals surface area contributed by atoms with Gasteiger partial charge in [0.25, 0.3) is 0 Å². The number of anilines is 1. The fourth-order valence-corrected chi connectivity index (χ4v) is 2.61. The largest absolute Gasteiger partial charge is 0.354 e. The molecule has 3 rings (SSSR count). The summed E-state index contributed by atoms with van der Waals surface area (Å²) in [5.41, 5.74) is 1.91. The third-order valence-electron chi connectivity index (χ3n) is 3.74. The van der Waals surface area contributed by atoms with Gasteiger partial charge in [-0.3, -0.25) is 9.58 Å². The molecule has 0 spiro atoms. The number of piperazine rings is 1. The van der Waals surface area contributed by atoms with Crippen LogP contribution in [0.15, 0.2) is 30.7 Å². The maximum Gasteiger partial charge on any atom is 0.129 e. The van der Waals surface area contributed by atoms with E-state index in [4.69, 9.17) is 5.26 Å². The van der Waals surface area contributed by atoms with E-state index < -0.39 is 0 Å². The van der Waals surface area contributed by atoms with Crippen LogP contribution in [0.4, 0.5) is 5.82 Å². The molecule has 0 saturated carbocycles. The van der Waals surface area contributed by atoms with Gasteiger partial charge in [-0.1, -0.05) is 0 Å². The smallest absolute Gasteiger partial charge is 0.129 e. The van der Waals surface area contributed by atoms with E-state index in [1.807, 2.05) is 24.0 Å². The quantitative estimate of drug-likeness (QED) is 0.841. The molecule has 2 aromatic rings. The predicted octanol–water partition coefficient (Wildman–Crippen LogP) is 1.01. The minimum absolute atomic E-state index is 0.665. The van der Waals surface area contributed by atoms with Gasteiger partial charge < -0.3 is 4.90 Å². The van der Waals surface area contributed by atoms with E-state index in [1.165, 1.54) is 5.56 Å². The summed E-state index contributed by atoms with van der Waals surface area (Å²) in [5.74, 6) is 0.898. The number of pyridine rings is 1. The maximum atomic E-state index is 8.96. The van der Waals surface area contributed by atoms with Gasteiger partial charge in [-0.2, -0.15) is 10.4 Å². The third-order valence-corrected chi connectivity index (χ3v) is 3.74. The van der Waals surface area contributed by atoms with Gasteiger partial charge >= 0.3 is 0 Å². The molecule has 6 nitrogen and oxygen atoms in total. The number of aryl methyl sites for hydroxylation is 1. The van der Waals surface area contributed by atoms with E-state index in [1.54, 1.807) is 12.3 Å². The first-order valence-electron chi connectivity index (χ1n) is 7.05. The molecule has 21 heavy (non-hydrogen) atoms. The van der Waals surface area contributed by atoms with Crippen LogP contribution in [0.5, 0.6) is 0 Å². The summed E-state index contributed by atoms with van der Waals surface area (Å²) in [6.07, 6.45) is 5.69. The second-order valence-corrected chi connectivity index (χ2v) is 5.30.